The molecule has 0 radical (unpaired) electrons. The van der Waals surface area contributed by atoms with Gasteiger partial charge in [0.25, 0.3) is 0 Å². The van der Waals surface area contributed by atoms with E-state index in [9.17, 15) is 4.79 Å². The molecule has 2 rings (SSSR count). The standard InChI is InChI=1S/C12H13N3O2S/c1-7-5-9-10(14-15-13)3-4-18-11(9)6-8(7)12(16)17-2/h5-6,10H,3-4H2,1-2H3. The fraction of sp³-hybridized carbons (Fsp3) is 0.417. The first-order chi connectivity index (χ1) is 8.67. The maximum atomic E-state index is 11.6. The lowest BCUT2D eigenvalue weighted by molar-refractivity contribution is 0.0599. The van der Waals surface area contributed by atoms with Crippen LogP contribution in [0.4, 0.5) is 0 Å². The normalized spacial score (nSPS) is 17.6. The van der Waals surface area contributed by atoms with Crippen LogP contribution in [0.15, 0.2) is 22.1 Å². The number of hydrogen-bond acceptors (Lipinski definition) is 4. The topological polar surface area (TPSA) is 75.1 Å². The molecule has 1 unspecified atom stereocenters. The predicted molar refractivity (Wildman–Crippen MR) is 69.7 cm³/mol. The van der Waals surface area contributed by atoms with Gasteiger partial charge >= 0.3 is 5.97 Å². The van der Waals surface area contributed by atoms with Crippen LogP contribution in [0, 0.1) is 6.92 Å². The van der Waals surface area contributed by atoms with Crippen LogP contribution >= 0.6 is 11.8 Å². The van der Waals surface area contributed by atoms with Gasteiger partial charge in [-0.2, -0.15) is 0 Å². The number of rotatable bonds is 2. The minimum Gasteiger partial charge on any atom is -0.465 e. The monoisotopic (exact) mass is 263 g/mol. The number of carbonyl (C=O) groups excluding carboxylic acids is 1. The number of aryl methyl sites for hydroxylation is 1. The lowest BCUT2D eigenvalue weighted by Crippen LogP contribution is -2.10. The van der Waals surface area contributed by atoms with Crippen LogP contribution < -0.4 is 0 Å². The molecule has 6 heteroatoms. The lowest BCUT2D eigenvalue weighted by atomic mass is 9.99. The van der Waals surface area contributed by atoms with E-state index in [1.54, 1.807) is 11.8 Å². The summed E-state index contributed by atoms with van der Waals surface area (Å²) in [4.78, 5) is 15.5. The Kier molecular flexibility index (Phi) is 3.79. The number of benzene rings is 1. The molecule has 0 amide bonds. The van der Waals surface area contributed by atoms with Gasteiger partial charge in [-0.15, -0.1) is 11.8 Å². The molecule has 1 atom stereocenters. The van der Waals surface area contributed by atoms with Crippen molar-refractivity contribution in [2.45, 2.75) is 24.3 Å². The van der Waals surface area contributed by atoms with Gasteiger partial charge in [-0.3, -0.25) is 0 Å². The van der Waals surface area contributed by atoms with Crippen molar-refractivity contribution in [1.82, 2.24) is 0 Å². The number of nitrogens with zero attached hydrogens (tertiary/aromatic N) is 3. The van der Waals surface area contributed by atoms with E-state index >= 15 is 0 Å². The Hall–Kier alpha value is -1.65. The number of thioether (sulfide) groups is 1. The second-order valence-corrected chi connectivity index (χ2v) is 5.19. The zero-order chi connectivity index (χ0) is 13.1. The molecule has 18 heavy (non-hydrogen) atoms. The van der Waals surface area contributed by atoms with Gasteiger partial charge in [0, 0.05) is 9.81 Å². The second-order valence-electron chi connectivity index (χ2n) is 4.05. The van der Waals surface area contributed by atoms with E-state index in [-0.39, 0.29) is 12.0 Å². The molecule has 1 aliphatic rings. The molecule has 0 bridgehead atoms. The Labute approximate surface area is 109 Å². The highest BCUT2D eigenvalue weighted by Gasteiger charge is 2.22. The molecule has 0 spiro atoms. The van der Waals surface area contributed by atoms with Gasteiger partial charge in [-0.05, 0) is 41.8 Å². The largest absolute Gasteiger partial charge is 0.465 e. The maximum Gasteiger partial charge on any atom is 0.338 e. The Morgan fingerprint density at radius 2 is 2.39 bits per heavy atom. The van der Waals surface area contributed by atoms with Gasteiger partial charge in [0.2, 0.25) is 0 Å². The van der Waals surface area contributed by atoms with Crippen LogP contribution in [0.25, 0.3) is 10.4 Å². The van der Waals surface area contributed by atoms with Gasteiger partial charge in [0.15, 0.2) is 0 Å². The molecule has 0 N–H and O–H groups in total. The Morgan fingerprint density at radius 3 is 3.06 bits per heavy atom. The molecule has 0 aliphatic carbocycles. The summed E-state index contributed by atoms with van der Waals surface area (Å²) in [6.45, 7) is 1.86. The summed E-state index contributed by atoms with van der Waals surface area (Å²) in [7, 11) is 1.37. The van der Waals surface area contributed by atoms with E-state index in [0.717, 1.165) is 28.2 Å². The zero-order valence-electron chi connectivity index (χ0n) is 10.2. The van der Waals surface area contributed by atoms with Crippen LogP contribution in [-0.4, -0.2) is 18.8 Å². The van der Waals surface area contributed by atoms with E-state index in [1.165, 1.54) is 7.11 Å². The fourth-order valence-electron chi connectivity index (χ4n) is 2.04. The van der Waals surface area contributed by atoms with E-state index < -0.39 is 0 Å². The zero-order valence-corrected chi connectivity index (χ0v) is 11.0. The molecule has 0 saturated carbocycles. The third kappa shape index (κ3) is 2.30. The number of carbonyl (C=O) groups is 1. The van der Waals surface area contributed by atoms with Crippen LogP contribution in [0.2, 0.25) is 0 Å². The molecule has 1 aromatic rings. The van der Waals surface area contributed by atoms with E-state index in [0.29, 0.717) is 5.56 Å². The van der Waals surface area contributed by atoms with Crippen LogP contribution in [-0.2, 0) is 4.74 Å². The number of ether oxygens (including phenoxy) is 1. The molecular formula is C12H13N3O2S. The second kappa shape index (κ2) is 5.33. The third-order valence-electron chi connectivity index (χ3n) is 2.96. The third-order valence-corrected chi connectivity index (χ3v) is 4.07. The molecule has 5 nitrogen and oxygen atoms in total. The summed E-state index contributed by atoms with van der Waals surface area (Å²) in [5.41, 5.74) is 11.0. The smallest absolute Gasteiger partial charge is 0.338 e. The Bertz CT molecular complexity index is 538. The number of azide groups is 1. The van der Waals surface area contributed by atoms with Gasteiger partial charge in [-0.25, -0.2) is 4.79 Å². The van der Waals surface area contributed by atoms with E-state index in [1.807, 2.05) is 19.1 Å². The van der Waals surface area contributed by atoms with Crippen molar-refractivity contribution in [1.29, 1.82) is 0 Å². The summed E-state index contributed by atoms with van der Waals surface area (Å²) >= 11 is 1.68. The molecule has 1 aromatic carbocycles. The van der Waals surface area contributed by atoms with Crippen LogP contribution in [0.1, 0.15) is 33.9 Å². The van der Waals surface area contributed by atoms with Gasteiger partial charge in [-0.1, -0.05) is 11.2 Å². The average molecular weight is 263 g/mol. The van der Waals surface area contributed by atoms with E-state index in [4.69, 9.17) is 10.3 Å². The molecule has 94 valence electrons. The number of esters is 1. The van der Waals surface area contributed by atoms with Gasteiger partial charge in [0.05, 0.1) is 18.7 Å². The van der Waals surface area contributed by atoms with Crippen LogP contribution in [0.3, 0.4) is 0 Å². The summed E-state index contributed by atoms with van der Waals surface area (Å²) in [6, 6.07) is 3.63. The van der Waals surface area contributed by atoms with Gasteiger partial charge in [0.1, 0.15) is 0 Å². The summed E-state index contributed by atoms with van der Waals surface area (Å²) < 4.78 is 4.75. The number of hydrogen-bond donors (Lipinski definition) is 0. The van der Waals surface area contributed by atoms with Crippen molar-refractivity contribution in [3.63, 3.8) is 0 Å². The average Bonchev–Trinajstić information content (AvgIpc) is 2.38. The first-order valence-corrected chi connectivity index (χ1v) is 6.55. The van der Waals surface area contributed by atoms with Crippen molar-refractivity contribution in [3.8, 4) is 0 Å². The fourth-order valence-corrected chi connectivity index (χ4v) is 3.17. The Balaban J connectivity index is 2.50. The molecule has 0 fully saturated rings. The summed E-state index contributed by atoms with van der Waals surface area (Å²) in [5.74, 6) is 0.558. The number of fused-ring (bicyclic) bond motifs is 1. The first kappa shape index (κ1) is 12.8. The van der Waals surface area contributed by atoms with Crippen molar-refractivity contribution in [2.24, 2.45) is 5.11 Å². The minimum atomic E-state index is -0.332. The van der Waals surface area contributed by atoms with Crippen molar-refractivity contribution < 1.29 is 9.53 Å². The number of methoxy groups -OCH3 is 1. The van der Waals surface area contributed by atoms with Crippen molar-refractivity contribution >= 4 is 17.7 Å². The molecule has 0 aromatic heterocycles. The highest BCUT2D eigenvalue weighted by molar-refractivity contribution is 7.99. The van der Waals surface area contributed by atoms with Crippen LogP contribution in [0.5, 0.6) is 0 Å². The Morgan fingerprint density at radius 1 is 1.61 bits per heavy atom. The highest BCUT2D eigenvalue weighted by Crippen LogP contribution is 2.39. The predicted octanol–water partition coefficient (Wildman–Crippen LogP) is 3.63. The lowest BCUT2D eigenvalue weighted by Gasteiger charge is -2.22. The first-order valence-electron chi connectivity index (χ1n) is 5.57. The van der Waals surface area contributed by atoms with Gasteiger partial charge < -0.3 is 4.74 Å². The maximum absolute atomic E-state index is 11.6. The van der Waals surface area contributed by atoms with Crippen molar-refractivity contribution in [3.05, 3.63) is 39.3 Å². The molecule has 1 heterocycles. The summed E-state index contributed by atoms with van der Waals surface area (Å²) in [6.07, 6.45) is 0.832. The van der Waals surface area contributed by atoms with E-state index in [2.05, 4.69) is 10.0 Å². The quantitative estimate of drug-likeness (QED) is 0.354. The molecule has 0 saturated heterocycles. The highest BCUT2D eigenvalue weighted by atomic mass is 32.2. The SMILES string of the molecule is COC(=O)c1cc2c(cc1C)C(N=[N+]=[N-])CCS2. The molecular weight excluding hydrogens is 250 g/mol. The minimum absolute atomic E-state index is 0.128. The van der Waals surface area contributed by atoms with Crippen molar-refractivity contribution in [2.75, 3.05) is 12.9 Å². The summed E-state index contributed by atoms with van der Waals surface area (Å²) in [5, 5.41) is 3.81. The molecule has 1 aliphatic heterocycles.